The molecule has 0 aliphatic rings. The van der Waals surface area contributed by atoms with Crippen LogP contribution in [0.1, 0.15) is 51.6 Å². The molecule has 112 valence electrons. The molecule has 2 atom stereocenters. The van der Waals surface area contributed by atoms with Gasteiger partial charge in [-0.05, 0) is 37.5 Å². The predicted molar refractivity (Wildman–Crippen MR) is 79.6 cm³/mol. The largest absolute Gasteiger partial charge is 0.479 e. The van der Waals surface area contributed by atoms with Gasteiger partial charge in [0, 0.05) is 6.04 Å². The van der Waals surface area contributed by atoms with E-state index >= 15 is 0 Å². The summed E-state index contributed by atoms with van der Waals surface area (Å²) in [4.78, 5) is 11.8. The average molecular weight is 279 g/mol. The van der Waals surface area contributed by atoms with Crippen LogP contribution in [-0.4, -0.2) is 18.7 Å². The first kappa shape index (κ1) is 16.5. The van der Waals surface area contributed by atoms with Crippen LogP contribution in [0.3, 0.4) is 0 Å². The molecule has 1 aromatic carbocycles. The van der Waals surface area contributed by atoms with Gasteiger partial charge in [-0.3, -0.25) is 0 Å². The van der Waals surface area contributed by atoms with Gasteiger partial charge < -0.3 is 15.2 Å². The lowest BCUT2D eigenvalue weighted by atomic mass is 10.1. The van der Waals surface area contributed by atoms with Gasteiger partial charge in [0.2, 0.25) is 0 Å². The zero-order chi connectivity index (χ0) is 15.0. The summed E-state index contributed by atoms with van der Waals surface area (Å²) in [6.07, 6.45) is 1.87. The number of rotatable bonds is 8. The summed E-state index contributed by atoms with van der Waals surface area (Å²) in [5.41, 5.74) is 7.04. The molecule has 0 radical (unpaired) electrons. The molecule has 0 aliphatic heterocycles. The minimum atomic E-state index is -0.536. The van der Waals surface area contributed by atoms with E-state index in [-0.39, 0.29) is 12.0 Å². The van der Waals surface area contributed by atoms with Gasteiger partial charge in [0.15, 0.2) is 6.10 Å². The molecular formula is C16H25NO3. The highest BCUT2D eigenvalue weighted by Crippen LogP contribution is 2.20. The quantitative estimate of drug-likeness (QED) is 0.742. The Labute approximate surface area is 121 Å². The number of benzene rings is 1. The zero-order valence-electron chi connectivity index (χ0n) is 12.6. The third-order valence-electron chi connectivity index (χ3n) is 3.13. The third kappa shape index (κ3) is 4.85. The number of nitrogens with two attached hydrogens (primary N) is 1. The summed E-state index contributed by atoms with van der Waals surface area (Å²) < 4.78 is 10.7. The summed E-state index contributed by atoms with van der Waals surface area (Å²) in [6, 6.07) is 7.63. The first-order chi connectivity index (χ1) is 9.62. The van der Waals surface area contributed by atoms with E-state index < -0.39 is 6.10 Å². The summed E-state index contributed by atoms with van der Waals surface area (Å²) in [5.74, 6) is 0.368. The van der Waals surface area contributed by atoms with E-state index in [9.17, 15) is 4.79 Å². The number of hydrogen-bond donors (Lipinski definition) is 1. The Bertz CT molecular complexity index is 403. The molecule has 1 rings (SSSR count). The van der Waals surface area contributed by atoms with Gasteiger partial charge in [-0.15, -0.1) is 0 Å². The van der Waals surface area contributed by atoms with Gasteiger partial charge in [-0.1, -0.05) is 32.4 Å². The Balaban J connectivity index is 2.71. The van der Waals surface area contributed by atoms with E-state index in [1.165, 1.54) is 0 Å². The molecule has 0 bridgehead atoms. The maximum atomic E-state index is 11.8. The van der Waals surface area contributed by atoms with Crippen LogP contribution in [0, 0.1) is 0 Å². The van der Waals surface area contributed by atoms with Gasteiger partial charge in [0.05, 0.1) is 6.61 Å². The second kappa shape index (κ2) is 8.59. The molecule has 1 aromatic rings. The van der Waals surface area contributed by atoms with Gasteiger partial charge in [0.1, 0.15) is 5.75 Å². The van der Waals surface area contributed by atoms with Crippen molar-refractivity contribution in [1.29, 1.82) is 0 Å². The van der Waals surface area contributed by atoms with E-state index in [2.05, 4.69) is 0 Å². The number of carbonyl (C=O) groups excluding carboxylic acids is 1. The maximum absolute atomic E-state index is 11.8. The Kier molecular flexibility index (Phi) is 7.09. The molecule has 0 fully saturated rings. The monoisotopic (exact) mass is 279 g/mol. The molecule has 0 spiro atoms. The minimum Gasteiger partial charge on any atom is -0.479 e. The molecule has 4 heteroatoms. The van der Waals surface area contributed by atoms with Crippen molar-refractivity contribution in [1.82, 2.24) is 0 Å². The van der Waals surface area contributed by atoms with Gasteiger partial charge in [-0.2, -0.15) is 0 Å². The molecule has 0 heterocycles. The van der Waals surface area contributed by atoms with Crippen molar-refractivity contribution in [2.24, 2.45) is 5.73 Å². The molecule has 0 aromatic heterocycles. The Morgan fingerprint density at radius 1 is 1.20 bits per heavy atom. The second-order valence-electron chi connectivity index (χ2n) is 4.73. The number of ether oxygens (including phenoxy) is 2. The van der Waals surface area contributed by atoms with Crippen molar-refractivity contribution in [3.05, 3.63) is 29.8 Å². The van der Waals surface area contributed by atoms with E-state index in [0.717, 1.165) is 18.4 Å². The lowest BCUT2D eigenvalue weighted by Gasteiger charge is -2.17. The Morgan fingerprint density at radius 2 is 1.85 bits per heavy atom. The van der Waals surface area contributed by atoms with E-state index in [1.807, 2.05) is 38.1 Å². The van der Waals surface area contributed by atoms with Crippen LogP contribution in [0.4, 0.5) is 0 Å². The van der Waals surface area contributed by atoms with Gasteiger partial charge in [-0.25, -0.2) is 4.79 Å². The smallest absolute Gasteiger partial charge is 0.347 e. The highest BCUT2D eigenvalue weighted by Gasteiger charge is 2.20. The van der Waals surface area contributed by atoms with Crippen LogP contribution in [-0.2, 0) is 9.53 Å². The lowest BCUT2D eigenvalue weighted by Crippen LogP contribution is -2.29. The van der Waals surface area contributed by atoms with Crippen molar-refractivity contribution < 1.29 is 14.3 Å². The number of hydrogen-bond acceptors (Lipinski definition) is 4. The maximum Gasteiger partial charge on any atom is 0.347 e. The fourth-order valence-corrected chi connectivity index (χ4v) is 1.92. The van der Waals surface area contributed by atoms with Crippen LogP contribution in [0.2, 0.25) is 0 Å². The highest BCUT2D eigenvalue weighted by molar-refractivity contribution is 5.75. The topological polar surface area (TPSA) is 61.5 Å². The number of carbonyl (C=O) groups is 1. The molecular weight excluding hydrogens is 254 g/mol. The zero-order valence-corrected chi connectivity index (χ0v) is 12.6. The van der Waals surface area contributed by atoms with Crippen molar-refractivity contribution in [3.8, 4) is 5.75 Å². The first-order valence-corrected chi connectivity index (χ1v) is 7.31. The molecule has 4 nitrogen and oxygen atoms in total. The summed E-state index contributed by atoms with van der Waals surface area (Å²) in [6.45, 7) is 6.22. The average Bonchev–Trinajstić information content (AvgIpc) is 2.47. The lowest BCUT2D eigenvalue weighted by molar-refractivity contribution is -0.151. The molecule has 0 saturated heterocycles. The summed E-state index contributed by atoms with van der Waals surface area (Å²) in [5, 5.41) is 0. The van der Waals surface area contributed by atoms with E-state index in [0.29, 0.717) is 18.8 Å². The van der Waals surface area contributed by atoms with Crippen LogP contribution in [0.25, 0.3) is 0 Å². The van der Waals surface area contributed by atoms with Crippen molar-refractivity contribution >= 4 is 5.97 Å². The van der Waals surface area contributed by atoms with Crippen LogP contribution in [0.15, 0.2) is 24.3 Å². The molecule has 1 unspecified atom stereocenters. The van der Waals surface area contributed by atoms with Gasteiger partial charge >= 0.3 is 5.97 Å². The molecule has 2 N–H and O–H groups in total. The molecule has 20 heavy (non-hydrogen) atoms. The first-order valence-electron chi connectivity index (χ1n) is 7.31. The van der Waals surface area contributed by atoms with Crippen molar-refractivity contribution in [2.45, 2.75) is 52.2 Å². The van der Waals surface area contributed by atoms with Gasteiger partial charge in [0.25, 0.3) is 0 Å². The molecule has 0 amide bonds. The Morgan fingerprint density at radius 3 is 2.35 bits per heavy atom. The van der Waals surface area contributed by atoms with E-state index in [1.54, 1.807) is 6.92 Å². The summed E-state index contributed by atoms with van der Waals surface area (Å²) in [7, 11) is 0. The third-order valence-corrected chi connectivity index (χ3v) is 3.13. The van der Waals surface area contributed by atoms with E-state index in [4.69, 9.17) is 15.2 Å². The Hall–Kier alpha value is -1.55. The SMILES string of the molecule is CCCC(Oc1ccc([C@H](N)CC)cc1)C(=O)OCC. The highest BCUT2D eigenvalue weighted by atomic mass is 16.6. The number of esters is 1. The second-order valence-corrected chi connectivity index (χ2v) is 4.73. The van der Waals surface area contributed by atoms with Crippen molar-refractivity contribution in [2.75, 3.05) is 6.61 Å². The van der Waals surface area contributed by atoms with Crippen LogP contribution >= 0.6 is 0 Å². The fraction of sp³-hybridized carbons (Fsp3) is 0.562. The fourth-order valence-electron chi connectivity index (χ4n) is 1.92. The normalized spacial score (nSPS) is 13.6. The molecule has 0 aliphatic carbocycles. The predicted octanol–water partition coefficient (Wildman–Crippen LogP) is 3.21. The van der Waals surface area contributed by atoms with Crippen LogP contribution < -0.4 is 10.5 Å². The van der Waals surface area contributed by atoms with Crippen LogP contribution in [0.5, 0.6) is 5.75 Å². The minimum absolute atomic E-state index is 0.0422. The summed E-state index contributed by atoms with van der Waals surface area (Å²) >= 11 is 0. The van der Waals surface area contributed by atoms with Crippen molar-refractivity contribution in [3.63, 3.8) is 0 Å². The molecule has 0 saturated carbocycles. The standard InChI is InChI=1S/C16H25NO3/c1-4-7-15(16(18)19-6-3)20-13-10-8-12(9-11-13)14(17)5-2/h8-11,14-15H,4-7,17H2,1-3H3/t14-,15?/m1/s1.